The molecule has 5 heteroatoms. The van der Waals surface area contributed by atoms with Gasteiger partial charge in [0.25, 0.3) is 0 Å². The fourth-order valence-electron chi connectivity index (χ4n) is 1.50. The Labute approximate surface area is 111 Å². The van der Waals surface area contributed by atoms with E-state index in [9.17, 15) is 0 Å². The maximum atomic E-state index is 5.80. The summed E-state index contributed by atoms with van der Waals surface area (Å²) in [6, 6.07) is 9.27. The maximum Gasteiger partial charge on any atom is 0.150 e. The third-order valence-electron chi connectivity index (χ3n) is 2.23. The molecule has 92 valence electrons. The molecule has 0 saturated carbocycles. The molecular formula is C13H13ClN4. The molecule has 0 aliphatic rings. The van der Waals surface area contributed by atoms with Crippen LogP contribution in [0.5, 0.6) is 0 Å². The highest BCUT2D eigenvalue weighted by Crippen LogP contribution is 2.08. The molecule has 0 atom stereocenters. The Morgan fingerprint density at radius 1 is 1.17 bits per heavy atom. The Morgan fingerprint density at radius 2 is 1.89 bits per heavy atom. The number of aryl methyl sites for hydroxylation is 2. The molecule has 1 heterocycles. The second-order valence-corrected chi connectivity index (χ2v) is 4.30. The van der Waals surface area contributed by atoms with Crippen LogP contribution in [0.25, 0.3) is 0 Å². The Balaban J connectivity index is 2.04. The van der Waals surface area contributed by atoms with Gasteiger partial charge in [0.05, 0.1) is 6.21 Å². The predicted octanol–water partition coefficient (Wildman–Crippen LogP) is 3.19. The molecule has 0 aliphatic heterocycles. The third-order valence-corrected chi connectivity index (χ3v) is 2.48. The number of benzene rings is 1. The minimum atomic E-state index is 0.685. The molecule has 0 bridgehead atoms. The topological polar surface area (TPSA) is 50.2 Å². The first-order valence-electron chi connectivity index (χ1n) is 5.50. The van der Waals surface area contributed by atoms with Crippen LogP contribution in [0.4, 0.5) is 5.82 Å². The van der Waals surface area contributed by atoms with Crippen molar-refractivity contribution in [1.82, 2.24) is 9.97 Å². The molecule has 2 rings (SSSR count). The molecule has 0 fully saturated rings. The van der Waals surface area contributed by atoms with Gasteiger partial charge in [-0.1, -0.05) is 23.7 Å². The van der Waals surface area contributed by atoms with Crippen LogP contribution in [0.3, 0.4) is 0 Å². The van der Waals surface area contributed by atoms with Crippen LogP contribution in [-0.2, 0) is 0 Å². The van der Waals surface area contributed by atoms with Crippen molar-refractivity contribution in [2.45, 2.75) is 13.8 Å². The zero-order valence-electron chi connectivity index (χ0n) is 10.2. The molecule has 0 saturated heterocycles. The van der Waals surface area contributed by atoms with Crippen LogP contribution in [0.15, 0.2) is 35.4 Å². The second-order valence-electron chi connectivity index (χ2n) is 3.86. The van der Waals surface area contributed by atoms with Gasteiger partial charge in [-0.05, 0) is 31.5 Å². The van der Waals surface area contributed by atoms with E-state index in [-0.39, 0.29) is 0 Å². The van der Waals surface area contributed by atoms with E-state index < -0.39 is 0 Å². The summed E-state index contributed by atoms with van der Waals surface area (Å²) in [6.07, 6.45) is 1.71. The van der Waals surface area contributed by atoms with E-state index in [1.165, 1.54) is 0 Å². The highest BCUT2D eigenvalue weighted by molar-refractivity contribution is 6.30. The van der Waals surface area contributed by atoms with E-state index in [4.69, 9.17) is 11.6 Å². The quantitative estimate of drug-likeness (QED) is 0.681. The smallest absolute Gasteiger partial charge is 0.150 e. The van der Waals surface area contributed by atoms with Crippen molar-refractivity contribution in [2.24, 2.45) is 5.10 Å². The maximum absolute atomic E-state index is 5.80. The van der Waals surface area contributed by atoms with Gasteiger partial charge < -0.3 is 0 Å². The minimum Gasteiger partial charge on any atom is -0.261 e. The Bertz CT molecular complexity index is 543. The number of halogens is 1. The number of aromatic nitrogens is 2. The predicted molar refractivity (Wildman–Crippen MR) is 74.2 cm³/mol. The van der Waals surface area contributed by atoms with Gasteiger partial charge in [-0.3, -0.25) is 5.43 Å². The number of anilines is 1. The van der Waals surface area contributed by atoms with Crippen LogP contribution in [0.1, 0.15) is 17.1 Å². The van der Waals surface area contributed by atoms with Crippen LogP contribution in [-0.4, -0.2) is 16.2 Å². The summed E-state index contributed by atoms with van der Waals surface area (Å²) in [6.45, 7) is 3.77. The summed E-state index contributed by atoms with van der Waals surface area (Å²) in [4.78, 5) is 8.41. The molecule has 0 spiro atoms. The Morgan fingerprint density at radius 3 is 2.56 bits per heavy atom. The summed E-state index contributed by atoms with van der Waals surface area (Å²) < 4.78 is 0. The van der Waals surface area contributed by atoms with Crippen molar-refractivity contribution in [3.05, 3.63) is 52.4 Å². The van der Waals surface area contributed by atoms with E-state index in [2.05, 4.69) is 20.5 Å². The lowest BCUT2D eigenvalue weighted by Gasteiger charge is -2.01. The van der Waals surface area contributed by atoms with Gasteiger partial charge in [0, 0.05) is 16.8 Å². The molecule has 1 aromatic heterocycles. The molecule has 0 unspecified atom stereocenters. The molecule has 1 N–H and O–H groups in total. The summed E-state index contributed by atoms with van der Waals surface area (Å²) in [5.74, 6) is 1.41. The lowest BCUT2D eigenvalue weighted by Crippen LogP contribution is -1.98. The average molecular weight is 261 g/mol. The molecule has 0 aliphatic carbocycles. The number of nitrogens with zero attached hydrogens (tertiary/aromatic N) is 3. The monoisotopic (exact) mass is 260 g/mol. The van der Waals surface area contributed by atoms with Gasteiger partial charge in [-0.15, -0.1) is 0 Å². The number of hydrazone groups is 1. The average Bonchev–Trinajstić information content (AvgIpc) is 2.30. The van der Waals surface area contributed by atoms with Crippen molar-refractivity contribution < 1.29 is 0 Å². The molecule has 0 radical (unpaired) electrons. The first-order chi connectivity index (χ1) is 8.63. The van der Waals surface area contributed by atoms with E-state index in [1.807, 2.05) is 44.2 Å². The van der Waals surface area contributed by atoms with E-state index in [0.717, 1.165) is 17.1 Å². The van der Waals surface area contributed by atoms with Gasteiger partial charge in [0.15, 0.2) is 0 Å². The Kier molecular flexibility index (Phi) is 3.89. The minimum absolute atomic E-state index is 0.685. The van der Waals surface area contributed by atoms with Crippen molar-refractivity contribution >= 4 is 23.6 Å². The van der Waals surface area contributed by atoms with Crippen molar-refractivity contribution in [3.63, 3.8) is 0 Å². The van der Waals surface area contributed by atoms with Crippen molar-refractivity contribution in [3.8, 4) is 0 Å². The van der Waals surface area contributed by atoms with Gasteiger partial charge in [0.2, 0.25) is 0 Å². The number of hydrogen-bond donors (Lipinski definition) is 1. The van der Waals surface area contributed by atoms with Gasteiger partial charge in [-0.2, -0.15) is 5.10 Å². The fraction of sp³-hybridized carbons (Fsp3) is 0.154. The van der Waals surface area contributed by atoms with E-state index in [0.29, 0.717) is 10.8 Å². The zero-order chi connectivity index (χ0) is 13.0. The van der Waals surface area contributed by atoms with Crippen LogP contribution in [0, 0.1) is 13.8 Å². The van der Waals surface area contributed by atoms with Gasteiger partial charge in [-0.25, -0.2) is 9.97 Å². The fourth-order valence-corrected chi connectivity index (χ4v) is 1.62. The first-order valence-corrected chi connectivity index (χ1v) is 5.88. The lowest BCUT2D eigenvalue weighted by atomic mass is 10.2. The molecule has 2 aromatic rings. The molecule has 1 aromatic carbocycles. The Hall–Kier alpha value is -1.94. The van der Waals surface area contributed by atoms with Gasteiger partial charge >= 0.3 is 0 Å². The molecule has 18 heavy (non-hydrogen) atoms. The van der Waals surface area contributed by atoms with E-state index >= 15 is 0 Å². The van der Waals surface area contributed by atoms with Crippen LogP contribution < -0.4 is 5.43 Å². The van der Waals surface area contributed by atoms with Gasteiger partial charge in [0.1, 0.15) is 11.6 Å². The van der Waals surface area contributed by atoms with E-state index in [1.54, 1.807) is 6.21 Å². The highest BCUT2D eigenvalue weighted by atomic mass is 35.5. The zero-order valence-corrected chi connectivity index (χ0v) is 10.9. The lowest BCUT2D eigenvalue weighted by molar-refractivity contribution is 1.01. The summed E-state index contributed by atoms with van der Waals surface area (Å²) in [5.41, 5.74) is 4.75. The summed E-state index contributed by atoms with van der Waals surface area (Å²) >= 11 is 5.80. The van der Waals surface area contributed by atoms with Crippen LogP contribution >= 0.6 is 11.6 Å². The summed E-state index contributed by atoms with van der Waals surface area (Å²) in [5, 5.41) is 4.83. The molecule has 0 amide bonds. The largest absolute Gasteiger partial charge is 0.261 e. The number of nitrogens with one attached hydrogen (secondary N) is 1. The van der Waals surface area contributed by atoms with Crippen molar-refractivity contribution in [1.29, 1.82) is 0 Å². The molecule has 4 nitrogen and oxygen atoms in total. The second kappa shape index (κ2) is 5.60. The van der Waals surface area contributed by atoms with Crippen LogP contribution in [0.2, 0.25) is 5.02 Å². The SMILES string of the molecule is Cc1cc(N/N=C/c2ccc(Cl)cc2)nc(C)n1. The normalized spacial score (nSPS) is 10.8. The molecular weight excluding hydrogens is 248 g/mol. The first kappa shape index (κ1) is 12.5. The number of rotatable bonds is 3. The summed E-state index contributed by atoms with van der Waals surface area (Å²) in [7, 11) is 0. The van der Waals surface area contributed by atoms with Crippen molar-refractivity contribution in [2.75, 3.05) is 5.43 Å². The highest BCUT2D eigenvalue weighted by Gasteiger charge is 1.96. The number of hydrogen-bond acceptors (Lipinski definition) is 4. The standard InChI is InChI=1S/C13H13ClN4/c1-9-7-13(17-10(2)16-9)18-15-8-11-3-5-12(14)6-4-11/h3-8H,1-2H3,(H,16,17,18)/b15-8+. The third kappa shape index (κ3) is 3.53.